The van der Waals surface area contributed by atoms with Crippen molar-refractivity contribution >= 4 is 12.2 Å². The zero-order valence-electron chi connectivity index (χ0n) is 12.9. The molecule has 0 unspecified atom stereocenters. The van der Waals surface area contributed by atoms with E-state index < -0.39 is 0 Å². The van der Waals surface area contributed by atoms with Crippen molar-refractivity contribution in [1.29, 1.82) is 0 Å². The smallest absolute Gasteiger partial charge is 0.142 e. The number of benzene rings is 1. The third kappa shape index (κ3) is 2.75. The zero-order valence-corrected chi connectivity index (χ0v) is 13.7. The van der Waals surface area contributed by atoms with Crippen molar-refractivity contribution in [3.8, 4) is 11.4 Å². The number of hydrogen-bond acceptors (Lipinski definition) is 3. The van der Waals surface area contributed by atoms with Crippen LogP contribution in [0.5, 0.6) is 0 Å². The molecular formula is C19H18N2OS. The lowest BCUT2D eigenvalue weighted by atomic mass is 9.96. The van der Waals surface area contributed by atoms with Crippen molar-refractivity contribution in [3.05, 3.63) is 70.4 Å². The van der Waals surface area contributed by atoms with Gasteiger partial charge in [0, 0.05) is 16.8 Å². The van der Waals surface area contributed by atoms with Gasteiger partial charge in [-0.25, -0.2) is 4.98 Å². The summed E-state index contributed by atoms with van der Waals surface area (Å²) >= 11 is 5.59. The van der Waals surface area contributed by atoms with E-state index in [4.69, 9.17) is 21.6 Å². The fourth-order valence-corrected chi connectivity index (χ4v) is 3.61. The fourth-order valence-electron chi connectivity index (χ4n) is 3.31. The molecule has 3 aromatic rings. The van der Waals surface area contributed by atoms with Crippen LogP contribution in [-0.4, -0.2) is 9.55 Å². The van der Waals surface area contributed by atoms with Gasteiger partial charge in [-0.3, -0.25) is 0 Å². The lowest BCUT2D eigenvalue weighted by Crippen LogP contribution is -2.18. The second kappa shape index (κ2) is 6.13. The standard InChI is InChI=1S/C19H18N2OS/c23-19-16-10-4-5-11-17(16)21(13-15-9-6-12-22-15)18(20-19)14-7-2-1-3-8-14/h1-3,6-9,12H,4-5,10-11,13H2. The first-order valence-corrected chi connectivity index (χ1v) is 8.44. The predicted molar refractivity (Wildman–Crippen MR) is 92.9 cm³/mol. The van der Waals surface area contributed by atoms with Gasteiger partial charge in [-0.05, 0) is 37.8 Å². The van der Waals surface area contributed by atoms with Crippen molar-refractivity contribution in [2.75, 3.05) is 0 Å². The molecule has 1 aliphatic carbocycles. The summed E-state index contributed by atoms with van der Waals surface area (Å²) in [7, 11) is 0. The number of rotatable bonds is 3. The Morgan fingerprint density at radius 1 is 1.04 bits per heavy atom. The van der Waals surface area contributed by atoms with Crippen LogP contribution >= 0.6 is 12.2 Å². The first-order chi connectivity index (χ1) is 11.3. The Morgan fingerprint density at radius 2 is 1.87 bits per heavy atom. The molecule has 0 radical (unpaired) electrons. The Morgan fingerprint density at radius 3 is 2.65 bits per heavy atom. The molecular weight excluding hydrogens is 304 g/mol. The third-order valence-electron chi connectivity index (χ3n) is 4.41. The zero-order chi connectivity index (χ0) is 15.6. The molecule has 0 saturated carbocycles. The van der Waals surface area contributed by atoms with Gasteiger partial charge in [0.1, 0.15) is 16.2 Å². The number of fused-ring (bicyclic) bond motifs is 1. The predicted octanol–water partition coefficient (Wildman–Crippen LogP) is 4.80. The number of aromatic nitrogens is 2. The van der Waals surface area contributed by atoms with E-state index in [9.17, 15) is 0 Å². The molecule has 2 heterocycles. The molecule has 0 atom stereocenters. The maximum atomic E-state index is 5.59. The van der Waals surface area contributed by atoms with E-state index in [1.165, 1.54) is 24.1 Å². The van der Waals surface area contributed by atoms with Gasteiger partial charge in [0.2, 0.25) is 0 Å². The first-order valence-electron chi connectivity index (χ1n) is 8.03. The van der Waals surface area contributed by atoms with Crippen LogP contribution in [0.3, 0.4) is 0 Å². The van der Waals surface area contributed by atoms with Crippen molar-refractivity contribution in [2.45, 2.75) is 32.2 Å². The monoisotopic (exact) mass is 322 g/mol. The summed E-state index contributed by atoms with van der Waals surface area (Å²) < 4.78 is 8.62. The van der Waals surface area contributed by atoms with Crippen LogP contribution in [0.25, 0.3) is 11.4 Å². The van der Waals surface area contributed by atoms with Gasteiger partial charge in [0.25, 0.3) is 0 Å². The van der Waals surface area contributed by atoms with Gasteiger partial charge in [-0.15, -0.1) is 0 Å². The summed E-state index contributed by atoms with van der Waals surface area (Å²) in [5.41, 5.74) is 3.67. The largest absolute Gasteiger partial charge is 0.467 e. The van der Waals surface area contributed by atoms with E-state index in [2.05, 4.69) is 16.7 Å². The summed E-state index contributed by atoms with van der Waals surface area (Å²) in [6.45, 7) is 0.697. The summed E-state index contributed by atoms with van der Waals surface area (Å²) in [6.07, 6.45) is 6.22. The van der Waals surface area contributed by atoms with Crippen LogP contribution in [0, 0.1) is 4.64 Å². The maximum Gasteiger partial charge on any atom is 0.142 e. The lowest BCUT2D eigenvalue weighted by molar-refractivity contribution is 0.482. The summed E-state index contributed by atoms with van der Waals surface area (Å²) in [6, 6.07) is 14.2. The second-order valence-corrected chi connectivity index (χ2v) is 6.29. The van der Waals surface area contributed by atoms with Crippen LogP contribution in [0.4, 0.5) is 0 Å². The number of furan rings is 1. The van der Waals surface area contributed by atoms with E-state index in [1.54, 1.807) is 6.26 Å². The third-order valence-corrected chi connectivity index (χ3v) is 4.75. The molecule has 0 N–H and O–H groups in total. The summed E-state index contributed by atoms with van der Waals surface area (Å²) in [5.74, 6) is 1.88. The van der Waals surface area contributed by atoms with Gasteiger partial charge in [0.05, 0.1) is 12.8 Å². The van der Waals surface area contributed by atoms with Gasteiger partial charge >= 0.3 is 0 Å². The van der Waals surface area contributed by atoms with Crippen LogP contribution in [0.15, 0.2) is 53.1 Å². The van der Waals surface area contributed by atoms with Gasteiger partial charge in [-0.2, -0.15) is 0 Å². The van der Waals surface area contributed by atoms with Gasteiger partial charge in [-0.1, -0.05) is 42.5 Å². The normalized spacial score (nSPS) is 13.7. The fraction of sp³-hybridized carbons (Fsp3) is 0.263. The molecule has 0 saturated heterocycles. The highest BCUT2D eigenvalue weighted by molar-refractivity contribution is 7.71. The topological polar surface area (TPSA) is 31.0 Å². The van der Waals surface area contributed by atoms with E-state index in [-0.39, 0.29) is 0 Å². The minimum Gasteiger partial charge on any atom is -0.467 e. The van der Waals surface area contributed by atoms with Crippen LogP contribution < -0.4 is 0 Å². The van der Waals surface area contributed by atoms with Crippen LogP contribution in [0.1, 0.15) is 29.9 Å². The average molecular weight is 322 g/mol. The molecule has 23 heavy (non-hydrogen) atoms. The second-order valence-electron chi connectivity index (χ2n) is 5.90. The van der Waals surface area contributed by atoms with Crippen molar-refractivity contribution in [3.63, 3.8) is 0 Å². The van der Waals surface area contributed by atoms with Crippen molar-refractivity contribution in [2.24, 2.45) is 0 Å². The van der Waals surface area contributed by atoms with Gasteiger partial charge in [0.15, 0.2) is 0 Å². The highest BCUT2D eigenvalue weighted by Gasteiger charge is 2.19. The first kappa shape index (κ1) is 14.4. The van der Waals surface area contributed by atoms with Crippen LogP contribution in [-0.2, 0) is 19.4 Å². The molecule has 116 valence electrons. The molecule has 0 spiro atoms. The minimum absolute atomic E-state index is 0.697. The molecule has 0 amide bonds. The SMILES string of the molecule is S=c1nc(-c2ccccc2)n(Cc2ccco2)c2c1CCCC2. The Kier molecular flexibility index (Phi) is 3.83. The minimum atomic E-state index is 0.697. The highest BCUT2D eigenvalue weighted by atomic mass is 32.1. The molecule has 0 bridgehead atoms. The van der Waals surface area contributed by atoms with E-state index in [0.29, 0.717) is 6.54 Å². The van der Waals surface area contributed by atoms with E-state index in [1.807, 2.05) is 30.3 Å². The van der Waals surface area contributed by atoms with E-state index in [0.717, 1.165) is 34.6 Å². The highest BCUT2D eigenvalue weighted by Crippen LogP contribution is 2.28. The lowest BCUT2D eigenvalue weighted by Gasteiger charge is -2.24. The molecule has 0 fully saturated rings. The van der Waals surface area contributed by atoms with Crippen LogP contribution in [0.2, 0.25) is 0 Å². The van der Waals surface area contributed by atoms with E-state index >= 15 is 0 Å². The molecule has 1 aliphatic rings. The molecule has 4 rings (SSSR count). The summed E-state index contributed by atoms with van der Waals surface area (Å²) in [5, 5.41) is 0. The Bertz CT molecular complexity index is 866. The number of nitrogens with zero attached hydrogens (tertiary/aromatic N) is 2. The van der Waals surface area contributed by atoms with Crippen molar-refractivity contribution in [1.82, 2.24) is 9.55 Å². The number of hydrogen-bond donors (Lipinski definition) is 0. The van der Waals surface area contributed by atoms with Gasteiger partial charge < -0.3 is 8.98 Å². The van der Waals surface area contributed by atoms with Crippen molar-refractivity contribution < 1.29 is 4.42 Å². The summed E-state index contributed by atoms with van der Waals surface area (Å²) in [4.78, 5) is 4.77. The molecule has 2 aromatic heterocycles. The Labute approximate surface area is 140 Å². The Hall–Kier alpha value is -2.20. The average Bonchev–Trinajstić information content (AvgIpc) is 3.11. The molecule has 0 aliphatic heterocycles. The Balaban J connectivity index is 1.93. The quantitative estimate of drug-likeness (QED) is 0.649. The molecule has 4 heteroatoms. The molecule has 1 aromatic carbocycles. The maximum absolute atomic E-state index is 5.59. The molecule has 3 nitrogen and oxygen atoms in total.